The van der Waals surface area contributed by atoms with Gasteiger partial charge in [0.15, 0.2) is 11.6 Å². The van der Waals surface area contributed by atoms with Gasteiger partial charge in [-0.3, -0.25) is 4.79 Å². The molecule has 2 nitrogen and oxygen atoms in total. The van der Waals surface area contributed by atoms with Crippen molar-refractivity contribution in [2.24, 2.45) is 5.92 Å². The van der Waals surface area contributed by atoms with Gasteiger partial charge in [0.2, 0.25) is 5.91 Å². The Morgan fingerprint density at radius 3 is 2.84 bits per heavy atom. The zero-order chi connectivity index (χ0) is 14.3. The Morgan fingerprint density at radius 1 is 1.42 bits per heavy atom. The molecule has 0 aliphatic rings. The van der Waals surface area contributed by atoms with Crippen LogP contribution in [-0.4, -0.2) is 18.3 Å². The van der Waals surface area contributed by atoms with Crippen LogP contribution >= 0.6 is 11.6 Å². The standard InChI is InChI=1S/C14H18ClF2NO/c1-10(9-15)4-3-7-18-13(19)8-11-5-2-6-12(16)14(11)17/h2,5-6,10H,3-4,7-9H2,1H3,(H,18,19). The molecule has 0 radical (unpaired) electrons. The van der Waals surface area contributed by atoms with Crippen LogP contribution < -0.4 is 5.32 Å². The molecule has 0 aromatic heterocycles. The second-order valence-electron chi connectivity index (χ2n) is 4.64. The van der Waals surface area contributed by atoms with E-state index in [1.54, 1.807) is 0 Å². The Bertz CT molecular complexity index is 426. The lowest BCUT2D eigenvalue weighted by molar-refractivity contribution is -0.120. The first-order chi connectivity index (χ1) is 9.04. The third-order valence-electron chi connectivity index (χ3n) is 2.84. The number of halogens is 3. The van der Waals surface area contributed by atoms with Crippen LogP contribution in [0, 0.1) is 17.6 Å². The van der Waals surface area contributed by atoms with Gasteiger partial charge in [-0.15, -0.1) is 11.6 Å². The Hall–Kier alpha value is -1.16. The van der Waals surface area contributed by atoms with E-state index >= 15 is 0 Å². The molecule has 0 saturated heterocycles. The number of carbonyl (C=O) groups excluding carboxylic acids is 1. The van der Waals surface area contributed by atoms with Crippen molar-refractivity contribution in [3.8, 4) is 0 Å². The third-order valence-corrected chi connectivity index (χ3v) is 3.37. The fourth-order valence-electron chi connectivity index (χ4n) is 1.68. The topological polar surface area (TPSA) is 29.1 Å². The molecule has 1 N–H and O–H groups in total. The SMILES string of the molecule is CC(CCl)CCCNC(=O)Cc1cccc(F)c1F. The lowest BCUT2D eigenvalue weighted by Gasteiger charge is -2.08. The molecule has 1 rings (SSSR count). The average molecular weight is 290 g/mol. The maximum atomic E-state index is 13.3. The van der Waals surface area contributed by atoms with E-state index in [0.717, 1.165) is 18.9 Å². The highest BCUT2D eigenvalue weighted by atomic mass is 35.5. The third kappa shape index (κ3) is 5.55. The molecule has 0 fully saturated rings. The molecule has 0 aliphatic carbocycles. The summed E-state index contributed by atoms with van der Waals surface area (Å²) in [5.74, 6) is -1.17. The van der Waals surface area contributed by atoms with Gasteiger partial charge in [0.1, 0.15) is 0 Å². The van der Waals surface area contributed by atoms with Crippen molar-refractivity contribution >= 4 is 17.5 Å². The smallest absolute Gasteiger partial charge is 0.224 e. The van der Waals surface area contributed by atoms with Gasteiger partial charge in [-0.05, 0) is 24.8 Å². The zero-order valence-corrected chi connectivity index (χ0v) is 11.6. The summed E-state index contributed by atoms with van der Waals surface area (Å²) in [7, 11) is 0. The summed E-state index contributed by atoms with van der Waals surface area (Å²) < 4.78 is 26.3. The highest BCUT2D eigenvalue weighted by molar-refractivity contribution is 6.18. The van der Waals surface area contributed by atoms with Gasteiger partial charge in [-0.25, -0.2) is 8.78 Å². The molecule has 1 aromatic rings. The summed E-state index contributed by atoms with van der Waals surface area (Å²) in [5, 5.41) is 2.69. The van der Waals surface area contributed by atoms with Gasteiger partial charge in [0, 0.05) is 18.0 Å². The van der Waals surface area contributed by atoms with Crippen molar-refractivity contribution in [2.75, 3.05) is 12.4 Å². The summed E-state index contributed by atoms with van der Waals surface area (Å²) in [6.07, 6.45) is 1.61. The van der Waals surface area contributed by atoms with Gasteiger partial charge in [-0.2, -0.15) is 0 Å². The van der Waals surface area contributed by atoms with Crippen LogP contribution in [0.25, 0.3) is 0 Å². The highest BCUT2D eigenvalue weighted by Gasteiger charge is 2.11. The van der Waals surface area contributed by atoms with Gasteiger partial charge in [-0.1, -0.05) is 19.1 Å². The quantitative estimate of drug-likeness (QED) is 0.606. The summed E-state index contributed by atoms with van der Waals surface area (Å²) in [4.78, 5) is 11.6. The van der Waals surface area contributed by atoms with E-state index in [0.29, 0.717) is 18.3 Å². The zero-order valence-electron chi connectivity index (χ0n) is 10.9. The van der Waals surface area contributed by atoms with E-state index in [2.05, 4.69) is 5.32 Å². The monoisotopic (exact) mass is 289 g/mol. The lowest BCUT2D eigenvalue weighted by Crippen LogP contribution is -2.26. The predicted octanol–water partition coefficient (Wildman–Crippen LogP) is 3.28. The second-order valence-corrected chi connectivity index (χ2v) is 4.95. The minimum Gasteiger partial charge on any atom is -0.356 e. The van der Waals surface area contributed by atoms with E-state index < -0.39 is 11.6 Å². The molecule has 1 atom stereocenters. The number of amides is 1. The molecule has 1 unspecified atom stereocenters. The van der Waals surface area contributed by atoms with Crippen LogP contribution in [0.5, 0.6) is 0 Å². The van der Waals surface area contributed by atoms with E-state index in [1.165, 1.54) is 12.1 Å². The summed E-state index contributed by atoms with van der Waals surface area (Å²) >= 11 is 5.67. The highest BCUT2D eigenvalue weighted by Crippen LogP contribution is 2.12. The number of nitrogens with one attached hydrogen (secondary N) is 1. The minimum absolute atomic E-state index is 0.0756. The van der Waals surface area contributed by atoms with Crippen molar-refractivity contribution in [3.05, 3.63) is 35.4 Å². The number of carbonyl (C=O) groups is 1. The van der Waals surface area contributed by atoms with E-state index in [-0.39, 0.29) is 17.9 Å². The van der Waals surface area contributed by atoms with E-state index in [4.69, 9.17) is 11.6 Å². The maximum Gasteiger partial charge on any atom is 0.224 e. The van der Waals surface area contributed by atoms with Gasteiger partial charge < -0.3 is 5.32 Å². The molecule has 0 aliphatic heterocycles. The number of hydrogen-bond donors (Lipinski definition) is 1. The molecule has 106 valence electrons. The molecule has 0 saturated carbocycles. The molecule has 5 heteroatoms. The predicted molar refractivity (Wildman–Crippen MR) is 72.2 cm³/mol. The van der Waals surface area contributed by atoms with Crippen LogP contribution in [0.4, 0.5) is 8.78 Å². The molecule has 1 amide bonds. The normalized spacial score (nSPS) is 12.2. The number of benzene rings is 1. The Morgan fingerprint density at radius 2 is 2.16 bits per heavy atom. The van der Waals surface area contributed by atoms with Gasteiger partial charge in [0.05, 0.1) is 6.42 Å². The Labute approximate surface area is 117 Å². The Kier molecular flexibility index (Phi) is 6.78. The first-order valence-corrected chi connectivity index (χ1v) is 6.83. The van der Waals surface area contributed by atoms with Gasteiger partial charge in [0.25, 0.3) is 0 Å². The fourth-order valence-corrected chi connectivity index (χ4v) is 1.83. The lowest BCUT2D eigenvalue weighted by atomic mass is 10.1. The van der Waals surface area contributed by atoms with Crippen LogP contribution in [0.3, 0.4) is 0 Å². The number of alkyl halides is 1. The van der Waals surface area contributed by atoms with E-state index in [1.807, 2.05) is 6.92 Å². The summed E-state index contributed by atoms with van der Waals surface area (Å²) in [5.41, 5.74) is 0.0756. The van der Waals surface area contributed by atoms with Crippen molar-refractivity contribution in [1.82, 2.24) is 5.32 Å². The molecule has 0 spiro atoms. The molecule has 1 aromatic carbocycles. The van der Waals surface area contributed by atoms with Crippen molar-refractivity contribution < 1.29 is 13.6 Å². The first kappa shape index (κ1) is 15.9. The van der Waals surface area contributed by atoms with Crippen LogP contribution in [-0.2, 0) is 11.2 Å². The molecule has 19 heavy (non-hydrogen) atoms. The maximum absolute atomic E-state index is 13.3. The largest absolute Gasteiger partial charge is 0.356 e. The molecular weight excluding hydrogens is 272 g/mol. The molecule has 0 bridgehead atoms. The second kappa shape index (κ2) is 8.10. The van der Waals surface area contributed by atoms with Crippen LogP contribution in [0.15, 0.2) is 18.2 Å². The molecule has 0 heterocycles. The van der Waals surface area contributed by atoms with Gasteiger partial charge >= 0.3 is 0 Å². The van der Waals surface area contributed by atoms with Crippen LogP contribution in [0.1, 0.15) is 25.3 Å². The first-order valence-electron chi connectivity index (χ1n) is 6.30. The van der Waals surface area contributed by atoms with Crippen molar-refractivity contribution in [3.63, 3.8) is 0 Å². The molecular formula is C14H18ClF2NO. The summed E-state index contributed by atoms with van der Waals surface area (Å²) in [6.45, 7) is 2.56. The average Bonchev–Trinajstić information content (AvgIpc) is 2.39. The Balaban J connectivity index is 2.33. The van der Waals surface area contributed by atoms with Crippen LogP contribution in [0.2, 0.25) is 0 Å². The fraction of sp³-hybridized carbons (Fsp3) is 0.500. The number of hydrogen-bond acceptors (Lipinski definition) is 1. The minimum atomic E-state index is -0.951. The van der Waals surface area contributed by atoms with Crippen molar-refractivity contribution in [2.45, 2.75) is 26.2 Å². The van der Waals surface area contributed by atoms with E-state index in [9.17, 15) is 13.6 Å². The number of rotatable bonds is 7. The van der Waals surface area contributed by atoms with Crippen molar-refractivity contribution in [1.29, 1.82) is 0 Å². The summed E-state index contributed by atoms with van der Waals surface area (Å²) in [6, 6.07) is 3.83.